The summed E-state index contributed by atoms with van der Waals surface area (Å²) in [6.45, 7) is 45.3. The van der Waals surface area contributed by atoms with Crippen LogP contribution in [0.1, 0.15) is 143 Å². The van der Waals surface area contributed by atoms with Gasteiger partial charge in [-0.05, 0) is 121 Å². The number of carbonyl (C=O) groups excluding carboxylic acids is 4. The summed E-state index contributed by atoms with van der Waals surface area (Å²) >= 11 is 0. The fraction of sp³-hybridized carbons (Fsp3) is 0.922. The van der Waals surface area contributed by atoms with Crippen LogP contribution in [0.5, 0.6) is 0 Å². The highest BCUT2D eigenvalue weighted by molar-refractivity contribution is 5.81. The largest absolute Gasteiger partial charge is 0.444 e. The van der Waals surface area contributed by atoms with E-state index < -0.39 is 0 Å². The number of aliphatic hydroxyl groups is 2. The van der Waals surface area contributed by atoms with Crippen LogP contribution in [0.4, 0.5) is 4.79 Å². The summed E-state index contributed by atoms with van der Waals surface area (Å²) in [5, 5.41) is 20.4. The maximum Gasteiger partial charge on any atom is 0.410 e. The molecule has 2 aliphatic carbocycles. The Labute approximate surface area is 391 Å². The zero-order chi connectivity index (χ0) is 48.8. The van der Waals surface area contributed by atoms with Crippen molar-refractivity contribution in [3.8, 4) is 0 Å². The highest BCUT2D eigenvalue weighted by atomic mass is 16.6. The number of hydrogen-bond acceptors (Lipinski definition) is 9. The van der Waals surface area contributed by atoms with Crippen molar-refractivity contribution in [2.24, 2.45) is 59.2 Å². The zero-order valence-electron chi connectivity index (χ0n) is 43.9. The third-order valence-corrected chi connectivity index (χ3v) is 14.0. The molecule has 0 radical (unpaired) electrons. The Kier molecular flexibility index (Phi) is 24.1. The molecule has 7 aliphatic rings. The molecule has 0 unspecified atom stereocenters. The van der Waals surface area contributed by atoms with Gasteiger partial charge in [-0.2, -0.15) is 0 Å². The molecule has 0 atom stereocenters. The molecule has 13 nitrogen and oxygen atoms in total. The smallest absolute Gasteiger partial charge is 0.410 e. The fourth-order valence-electron chi connectivity index (χ4n) is 7.97. The Morgan fingerprint density at radius 3 is 1.28 bits per heavy atom. The Bertz CT molecular complexity index is 1380. The maximum absolute atomic E-state index is 11.5. The van der Waals surface area contributed by atoms with Gasteiger partial charge in [0.05, 0.1) is 6.10 Å². The number of carbonyl (C=O) groups is 4. The normalized spacial score (nSPS) is 22.9. The van der Waals surface area contributed by atoms with Gasteiger partial charge in [0.1, 0.15) is 5.60 Å². The third-order valence-electron chi connectivity index (χ3n) is 14.0. The average Bonchev–Trinajstić information content (AvgIpc) is 3.88. The number of hydrogen-bond donors (Lipinski definition) is 3. The van der Waals surface area contributed by atoms with E-state index in [9.17, 15) is 19.2 Å². The number of likely N-dealkylation sites (tertiary alicyclic amines) is 5. The van der Waals surface area contributed by atoms with Gasteiger partial charge in [0.2, 0.25) is 17.7 Å². The van der Waals surface area contributed by atoms with Crippen molar-refractivity contribution >= 4 is 23.8 Å². The molecule has 5 saturated heterocycles. The van der Waals surface area contributed by atoms with Crippen molar-refractivity contribution in [1.29, 1.82) is 0 Å². The van der Waals surface area contributed by atoms with E-state index in [1.54, 1.807) is 18.7 Å². The molecular formula is C51H98N6O7. The molecule has 374 valence electrons. The maximum atomic E-state index is 11.5. The summed E-state index contributed by atoms with van der Waals surface area (Å²) < 4.78 is 5.26. The standard InChI is InChI=1S/C11H21NO2.C10H17NO.C9H17NO.C8H15NO.C7H15NO.C6H13NO/c1-8(2)9-6-12(7-9)10(13)14-11(3,4)5;1-7(2)9-5-11(6-9)10(12)8-3-4-8;1-6(2)8-4-9(5-8)10-7(3)11;1-6(2)8-4-9(5-8)7(3)10;1-6(2)8-3-7(4-8)5-9;1-5(2)7-3-6(8)4-7/h8-9H,6-7H2,1-5H3;7-9H,3-6H2,1-2H3;6,8-9H,4-5H2,1-3H3,(H,10,11);6,8H,4-5H2,1-3H3;6-7,9H,3-5H2,1-2H3;5-6,8H,3-4H2,1-2H3. The Balaban J connectivity index is 0.000000266. The van der Waals surface area contributed by atoms with Crippen LogP contribution >= 0.6 is 0 Å². The zero-order valence-corrected chi connectivity index (χ0v) is 43.9. The molecule has 7 fully saturated rings. The van der Waals surface area contributed by atoms with Crippen LogP contribution in [-0.2, 0) is 19.1 Å². The fourth-order valence-corrected chi connectivity index (χ4v) is 7.97. The van der Waals surface area contributed by atoms with Crippen LogP contribution in [0.15, 0.2) is 0 Å². The van der Waals surface area contributed by atoms with Crippen molar-refractivity contribution in [3.05, 3.63) is 0 Å². The van der Waals surface area contributed by atoms with Crippen molar-refractivity contribution in [1.82, 2.24) is 29.8 Å². The van der Waals surface area contributed by atoms with E-state index in [0.717, 1.165) is 114 Å². The lowest BCUT2D eigenvalue weighted by Gasteiger charge is -2.41. The van der Waals surface area contributed by atoms with E-state index in [-0.39, 0.29) is 29.6 Å². The topological polar surface area (TPSA) is 146 Å². The van der Waals surface area contributed by atoms with Gasteiger partial charge in [0.25, 0.3) is 0 Å². The molecular weight excluding hydrogens is 809 g/mol. The quantitative estimate of drug-likeness (QED) is 0.221. The van der Waals surface area contributed by atoms with Crippen LogP contribution in [0, 0.1) is 59.2 Å². The van der Waals surface area contributed by atoms with E-state index >= 15 is 0 Å². The molecule has 7 rings (SSSR count). The second-order valence-corrected chi connectivity index (χ2v) is 23.0. The second-order valence-electron chi connectivity index (χ2n) is 23.0. The van der Waals surface area contributed by atoms with Gasteiger partial charge >= 0.3 is 6.09 Å². The first kappa shape index (κ1) is 57.6. The number of rotatable bonds is 9. The lowest BCUT2D eigenvalue weighted by Crippen LogP contribution is -2.53. The van der Waals surface area contributed by atoms with Gasteiger partial charge in [-0.3, -0.25) is 19.3 Å². The molecule has 5 heterocycles. The second kappa shape index (κ2) is 26.8. The number of β-amino-alcohol motifs (C(OH)–C–C–N with tert-alkyl or cyclic N) is 1. The first-order valence-electron chi connectivity index (χ1n) is 25.2. The van der Waals surface area contributed by atoms with Gasteiger partial charge < -0.3 is 39.9 Å². The molecule has 3 N–H and O–H groups in total. The Morgan fingerprint density at radius 1 is 0.594 bits per heavy atom. The summed E-state index contributed by atoms with van der Waals surface area (Å²) in [7, 11) is 0. The lowest BCUT2D eigenvalue weighted by atomic mass is 9.74. The van der Waals surface area contributed by atoms with Gasteiger partial charge in [0, 0.05) is 116 Å². The molecule has 0 aromatic heterocycles. The summed E-state index contributed by atoms with van der Waals surface area (Å²) in [4.78, 5) is 54.6. The molecule has 5 aliphatic heterocycles. The number of amides is 4. The van der Waals surface area contributed by atoms with Crippen LogP contribution in [-0.4, -0.2) is 160 Å². The monoisotopic (exact) mass is 907 g/mol. The van der Waals surface area contributed by atoms with Crippen molar-refractivity contribution in [3.63, 3.8) is 0 Å². The Morgan fingerprint density at radius 2 is 0.984 bits per heavy atom. The molecule has 4 amide bonds. The molecule has 64 heavy (non-hydrogen) atoms. The number of nitrogens with one attached hydrogen (secondary N) is 1. The summed E-state index contributed by atoms with van der Waals surface area (Å²) in [6.07, 6.45) is 4.42. The minimum Gasteiger partial charge on any atom is -0.444 e. The van der Waals surface area contributed by atoms with Gasteiger partial charge in [-0.1, -0.05) is 55.4 Å². The summed E-state index contributed by atoms with van der Waals surface area (Å²) in [5.41, 5.74) is -0.375. The molecule has 0 aromatic carbocycles. The van der Waals surface area contributed by atoms with Crippen LogP contribution in [0.2, 0.25) is 0 Å². The third kappa shape index (κ3) is 20.6. The Hall–Kier alpha value is -2.48. The van der Waals surface area contributed by atoms with Crippen LogP contribution in [0.25, 0.3) is 0 Å². The van der Waals surface area contributed by atoms with Gasteiger partial charge in [0.15, 0.2) is 0 Å². The molecule has 0 bridgehead atoms. The number of aliphatic hydroxyl groups excluding tert-OH is 2. The number of ether oxygens (including phenoxy) is 1. The summed E-state index contributed by atoms with van der Waals surface area (Å²) in [5.74, 6) is 7.66. The minimum atomic E-state index is -0.375. The van der Waals surface area contributed by atoms with E-state index in [2.05, 4.69) is 98.2 Å². The van der Waals surface area contributed by atoms with E-state index in [1.165, 1.54) is 12.8 Å². The SMILES string of the molecule is CC(=O)N1CC(C(C)C)C1.CC(=O)NC1CC(C(C)C)C1.CC(C)C1CN(C(=O)C2CC2)C1.CC(C)C1CN(C(=O)OC(C)(C)C)C1.CC(C)N1CC(CO)C1.CC(C)N1CC(O)C1. The first-order valence-corrected chi connectivity index (χ1v) is 25.2. The number of nitrogens with zero attached hydrogens (tertiary/aromatic N) is 5. The molecule has 2 saturated carbocycles. The predicted molar refractivity (Wildman–Crippen MR) is 260 cm³/mol. The van der Waals surface area contributed by atoms with Crippen molar-refractivity contribution < 1.29 is 34.1 Å². The lowest BCUT2D eigenvalue weighted by molar-refractivity contribution is -0.140. The van der Waals surface area contributed by atoms with E-state index in [1.807, 2.05) is 30.6 Å². The molecule has 0 spiro atoms. The van der Waals surface area contributed by atoms with Crippen molar-refractivity contribution in [2.45, 2.75) is 173 Å². The average molecular weight is 907 g/mol. The van der Waals surface area contributed by atoms with E-state index in [0.29, 0.717) is 54.3 Å². The van der Waals surface area contributed by atoms with E-state index in [4.69, 9.17) is 14.9 Å². The van der Waals surface area contributed by atoms with Crippen molar-refractivity contribution in [2.75, 3.05) is 72.1 Å². The molecule has 13 heteroatoms. The highest BCUT2D eigenvalue weighted by Gasteiger charge is 2.40. The van der Waals surface area contributed by atoms with Crippen LogP contribution in [0.3, 0.4) is 0 Å². The van der Waals surface area contributed by atoms with Crippen LogP contribution < -0.4 is 5.32 Å². The van der Waals surface area contributed by atoms with Gasteiger partial charge in [-0.25, -0.2) is 4.79 Å². The summed E-state index contributed by atoms with van der Waals surface area (Å²) in [6, 6.07) is 1.74. The van der Waals surface area contributed by atoms with Gasteiger partial charge in [-0.15, -0.1) is 0 Å². The first-order chi connectivity index (χ1) is 29.6. The minimum absolute atomic E-state index is 0.0441. The highest BCUT2D eigenvalue weighted by Crippen LogP contribution is 2.35. The predicted octanol–water partition coefficient (Wildman–Crippen LogP) is 7.09. The molecule has 0 aromatic rings.